The molecular weight excluding hydrogens is 549 g/mol. The van der Waals surface area contributed by atoms with Crippen molar-refractivity contribution in [3.63, 3.8) is 0 Å². The van der Waals surface area contributed by atoms with Gasteiger partial charge in [-0.15, -0.1) is 29.8 Å². The molecule has 0 unspecified atom stereocenters. The molecule has 0 N–H and O–H groups in total. The van der Waals surface area contributed by atoms with Gasteiger partial charge in [-0.25, -0.2) is 16.7 Å². The average molecular weight is 565 g/mol. The minimum atomic E-state index is -0.383. The fourth-order valence-electron chi connectivity index (χ4n) is 2.84. The van der Waals surface area contributed by atoms with Crippen molar-refractivity contribution < 1.29 is 24.5 Å². The van der Waals surface area contributed by atoms with E-state index in [2.05, 4.69) is 24.3 Å². The number of hydrogen-bond donors (Lipinski definition) is 0. The molecule has 0 aliphatic heterocycles. The minimum Gasteiger partial charge on any atom is -0.503 e. The van der Waals surface area contributed by atoms with Crippen molar-refractivity contribution in [2.24, 2.45) is 0 Å². The third kappa shape index (κ3) is 5.21. The Bertz CT molecular complexity index is 1210. The summed E-state index contributed by atoms with van der Waals surface area (Å²) < 4.78 is 5.24. The van der Waals surface area contributed by atoms with Crippen LogP contribution in [0.15, 0.2) is 106 Å². The Morgan fingerprint density at radius 3 is 1.63 bits per heavy atom. The maximum absolute atomic E-state index is 11.8. The van der Waals surface area contributed by atoms with Gasteiger partial charge in [0.2, 0.25) is 5.63 Å². The molecule has 0 atom stereocenters. The van der Waals surface area contributed by atoms with Crippen LogP contribution in [-0.2, 0) is 20.1 Å². The molecule has 1 radical (unpaired) electrons. The van der Waals surface area contributed by atoms with Crippen LogP contribution >= 0.6 is 0 Å². The van der Waals surface area contributed by atoms with Crippen molar-refractivity contribution in [2.45, 2.75) is 0 Å². The quantitative estimate of drug-likeness (QED) is 0.194. The Labute approximate surface area is 189 Å². The molecule has 4 aromatic carbocycles. The minimum absolute atomic E-state index is 0. The van der Waals surface area contributed by atoms with Crippen molar-refractivity contribution in [1.82, 2.24) is 0 Å². The van der Waals surface area contributed by atoms with Gasteiger partial charge >= 0.3 is 0 Å². The second kappa shape index (κ2) is 10.5. The molecule has 5 aromatic rings. The van der Waals surface area contributed by atoms with Crippen molar-refractivity contribution in [1.29, 1.82) is 0 Å². The van der Waals surface area contributed by atoms with Gasteiger partial charge in [-0.3, -0.25) is 0 Å². The molecule has 1 aromatic heterocycles. The maximum Gasteiger partial charge on any atom is 0.223 e. The smallest absolute Gasteiger partial charge is 0.223 e. The molecule has 0 saturated carbocycles. The fourth-order valence-corrected chi connectivity index (χ4v) is 2.84. The van der Waals surface area contributed by atoms with Crippen molar-refractivity contribution in [3.8, 4) is 22.3 Å². The predicted octanol–water partition coefficient (Wildman–Crippen LogP) is 6.01. The molecule has 0 amide bonds. The number of fused-ring (bicyclic) bond motifs is 1. The van der Waals surface area contributed by atoms with E-state index in [0.717, 1.165) is 16.5 Å². The van der Waals surface area contributed by atoms with E-state index in [4.69, 9.17) is 4.42 Å². The number of para-hydroxylation sites is 1. The molecule has 2 nitrogen and oxygen atoms in total. The van der Waals surface area contributed by atoms with Gasteiger partial charge in [-0.1, -0.05) is 23.6 Å². The molecule has 0 aliphatic rings. The SMILES string of the molecule is O=c1oc2ccccc2[c-]c1-c1[c-]cccc1.[Ir].[c-]1ccccc1-c1[c-]cccc1. The summed E-state index contributed by atoms with van der Waals surface area (Å²) in [5, 5.41) is 0.791. The van der Waals surface area contributed by atoms with Gasteiger partial charge in [0.1, 0.15) is 0 Å². The van der Waals surface area contributed by atoms with E-state index in [0.29, 0.717) is 16.7 Å². The number of rotatable bonds is 2. The zero-order valence-corrected chi connectivity index (χ0v) is 18.3. The maximum atomic E-state index is 11.8. The Morgan fingerprint density at radius 1 is 0.600 bits per heavy atom. The van der Waals surface area contributed by atoms with Crippen molar-refractivity contribution in [3.05, 3.63) is 132 Å². The first-order chi connectivity index (χ1) is 14.3. The third-order valence-corrected chi connectivity index (χ3v) is 4.24. The van der Waals surface area contributed by atoms with Gasteiger partial charge in [0.15, 0.2) is 0 Å². The third-order valence-electron chi connectivity index (χ3n) is 4.24. The van der Waals surface area contributed by atoms with E-state index in [1.807, 2.05) is 84.9 Å². The second-order valence-corrected chi connectivity index (χ2v) is 6.21. The van der Waals surface area contributed by atoms with Gasteiger partial charge < -0.3 is 9.21 Å². The predicted molar refractivity (Wildman–Crippen MR) is 115 cm³/mol. The molecule has 1 heterocycles. The van der Waals surface area contributed by atoms with Crippen LogP contribution in [0.2, 0.25) is 0 Å². The van der Waals surface area contributed by atoms with Crippen molar-refractivity contribution >= 4 is 11.0 Å². The van der Waals surface area contributed by atoms with E-state index < -0.39 is 0 Å². The normalized spacial score (nSPS) is 9.87. The Hall–Kier alpha value is -3.26. The van der Waals surface area contributed by atoms with Gasteiger partial charge in [0.05, 0.1) is 5.58 Å². The summed E-state index contributed by atoms with van der Waals surface area (Å²) in [7, 11) is 0. The molecule has 5 rings (SSSR count). The summed E-state index contributed by atoms with van der Waals surface area (Å²) in [5.41, 5.74) is 3.48. The number of benzene rings is 4. The Kier molecular flexibility index (Phi) is 7.50. The molecule has 0 spiro atoms. The summed E-state index contributed by atoms with van der Waals surface area (Å²) in [6.45, 7) is 0. The first-order valence-electron chi connectivity index (χ1n) is 9.17. The van der Waals surface area contributed by atoms with Gasteiger partial charge in [-0.05, 0) is 0 Å². The van der Waals surface area contributed by atoms with Crippen LogP contribution in [0.5, 0.6) is 0 Å². The van der Waals surface area contributed by atoms with Crippen LogP contribution in [0.4, 0.5) is 0 Å². The van der Waals surface area contributed by atoms with Gasteiger partial charge in [0.25, 0.3) is 0 Å². The molecule has 30 heavy (non-hydrogen) atoms. The van der Waals surface area contributed by atoms with Gasteiger partial charge in [0, 0.05) is 20.1 Å². The molecule has 0 saturated heterocycles. The average Bonchev–Trinajstić information content (AvgIpc) is 2.81. The van der Waals surface area contributed by atoms with E-state index in [-0.39, 0.29) is 25.7 Å². The topological polar surface area (TPSA) is 30.2 Å². The molecule has 0 aliphatic carbocycles. The summed E-state index contributed by atoms with van der Waals surface area (Å²) in [5.74, 6) is 0. The molecular formula is C27H16IrO2-4. The second-order valence-electron chi connectivity index (χ2n) is 6.21. The summed E-state index contributed by atoms with van der Waals surface area (Å²) in [6, 6.07) is 42.8. The monoisotopic (exact) mass is 565 g/mol. The number of hydrogen-bond acceptors (Lipinski definition) is 2. The first-order valence-corrected chi connectivity index (χ1v) is 9.17. The van der Waals surface area contributed by atoms with E-state index >= 15 is 0 Å². The zero-order chi connectivity index (χ0) is 19.9. The van der Waals surface area contributed by atoms with Crippen LogP contribution in [0.1, 0.15) is 0 Å². The largest absolute Gasteiger partial charge is 0.503 e. The van der Waals surface area contributed by atoms with Gasteiger partial charge in [-0.2, -0.15) is 78.9 Å². The van der Waals surface area contributed by atoms with Crippen LogP contribution in [-0.4, -0.2) is 0 Å². The van der Waals surface area contributed by atoms with E-state index in [1.165, 1.54) is 0 Å². The Morgan fingerprint density at radius 2 is 1.10 bits per heavy atom. The molecule has 3 heteroatoms. The molecule has 0 fully saturated rings. The zero-order valence-electron chi connectivity index (χ0n) is 15.9. The van der Waals surface area contributed by atoms with Crippen LogP contribution in [0.25, 0.3) is 33.2 Å². The van der Waals surface area contributed by atoms with Crippen LogP contribution in [0.3, 0.4) is 0 Å². The van der Waals surface area contributed by atoms with Crippen molar-refractivity contribution in [2.75, 3.05) is 0 Å². The van der Waals surface area contributed by atoms with E-state index in [1.54, 1.807) is 12.1 Å². The summed E-state index contributed by atoms with van der Waals surface area (Å²) in [4.78, 5) is 11.8. The van der Waals surface area contributed by atoms with Crippen LogP contribution < -0.4 is 5.63 Å². The fraction of sp³-hybridized carbons (Fsp3) is 0. The summed E-state index contributed by atoms with van der Waals surface area (Å²) >= 11 is 0. The molecule has 149 valence electrons. The molecule has 0 bridgehead atoms. The van der Waals surface area contributed by atoms with E-state index in [9.17, 15) is 4.79 Å². The van der Waals surface area contributed by atoms with Crippen LogP contribution in [0, 0.1) is 24.3 Å². The first kappa shape index (κ1) is 21.4. The Balaban J connectivity index is 0.000000175. The summed E-state index contributed by atoms with van der Waals surface area (Å²) in [6.07, 6.45) is 0. The standard InChI is InChI=1S/C15H8O2.C12H8.Ir/c16-15-13(11-6-2-1-3-7-11)10-12-8-4-5-9-14(12)17-15;1-3-7-11(8-4-1)12-9-5-2-6-10-12;/h1-6,8-9H;1-7,9H;/q2*-2;.